The number of nitrogens with zero attached hydrogens (tertiary/aromatic N) is 5. The molecule has 4 rings (SSSR count). The van der Waals surface area contributed by atoms with Crippen molar-refractivity contribution >= 4 is 5.57 Å². The van der Waals surface area contributed by atoms with E-state index in [4.69, 9.17) is 0 Å². The molecular formula is C23H25F2N5. The molecule has 5 nitrogen and oxygen atoms in total. The number of hydrogen-bond donors (Lipinski definition) is 0. The first-order valence-electron chi connectivity index (χ1n) is 10.1. The van der Waals surface area contributed by atoms with Crippen LogP contribution in [0.2, 0.25) is 0 Å². The standard InChI is InChI=1S/C23H25F2N5/c1-23(2,3)30-22(26-27-28-30)21(18-6-10-20(25)11-7-18)29-14-12-17(13-15-29)16-4-8-19(24)9-5-16/h4-12,21H,13-15H2,1-3H3/t21-/m0/s1. The van der Waals surface area contributed by atoms with E-state index in [1.807, 2.05) is 16.8 Å². The fraction of sp³-hybridized carbons (Fsp3) is 0.348. The van der Waals surface area contributed by atoms with Crippen molar-refractivity contribution in [3.63, 3.8) is 0 Å². The van der Waals surface area contributed by atoms with E-state index in [1.54, 1.807) is 12.1 Å². The summed E-state index contributed by atoms with van der Waals surface area (Å²) in [5, 5.41) is 12.5. The maximum absolute atomic E-state index is 13.6. The largest absolute Gasteiger partial charge is 0.286 e. The molecule has 0 bridgehead atoms. The molecule has 1 aliphatic rings. The van der Waals surface area contributed by atoms with E-state index >= 15 is 0 Å². The lowest BCUT2D eigenvalue weighted by atomic mass is 9.96. The molecule has 1 aliphatic heterocycles. The van der Waals surface area contributed by atoms with Gasteiger partial charge in [-0.3, -0.25) is 4.90 Å². The molecule has 0 saturated carbocycles. The van der Waals surface area contributed by atoms with Crippen LogP contribution in [0.4, 0.5) is 8.78 Å². The Hall–Kier alpha value is -2.93. The van der Waals surface area contributed by atoms with Crippen LogP contribution in [-0.2, 0) is 5.54 Å². The summed E-state index contributed by atoms with van der Waals surface area (Å²) < 4.78 is 28.7. The monoisotopic (exact) mass is 409 g/mol. The third kappa shape index (κ3) is 4.16. The second-order valence-electron chi connectivity index (χ2n) is 8.55. The van der Waals surface area contributed by atoms with Crippen molar-refractivity contribution in [3.05, 3.63) is 83.2 Å². The van der Waals surface area contributed by atoms with Gasteiger partial charge in [-0.15, -0.1) is 5.10 Å². The van der Waals surface area contributed by atoms with Gasteiger partial charge in [0, 0.05) is 13.1 Å². The lowest BCUT2D eigenvalue weighted by molar-refractivity contribution is 0.220. The van der Waals surface area contributed by atoms with Crippen LogP contribution in [0.25, 0.3) is 5.57 Å². The quantitative estimate of drug-likeness (QED) is 0.633. The van der Waals surface area contributed by atoms with Crippen molar-refractivity contribution in [3.8, 4) is 0 Å². The summed E-state index contributed by atoms with van der Waals surface area (Å²) in [4.78, 5) is 2.29. The number of halogens is 2. The Labute approximate surface area is 175 Å². The zero-order valence-corrected chi connectivity index (χ0v) is 17.4. The fourth-order valence-electron chi connectivity index (χ4n) is 3.86. The first kappa shape index (κ1) is 20.3. The van der Waals surface area contributed by atoms with Gasteiger partial charge in [0.15, 0.2) is 5.82 Å². The van der Waals surface area contributed by atoms with Crippen LogP contribution in [0.3, 0.4) is 0 Å². The van der Waals surface area contributed by atoms with Gasteiger partial charge in [0.1, 0.15) is 11.6 Å². The van der Waals surface area contributed by atoms with Gasteiger partial charge >= 0.3 is 0 Å². The summed E-state index contributed by atoms with van der Waals surface area (Å²) in [6, 6.07) is 12.9. The van der Waals surface area contributed by atoms with Crippen molar-refractivity contribution in [2.75, 3.05) is 13.1 Å². The zero-order chi connectivity index (χ0) is 21.3. The van der Waals surface area contributed by atoms with E-state index in [-0.39, 0.29) is 23.2 Å². The third-order valence-electron chi connectivity index (χ3n) is 5.38. The van der Waals surface area contributed by atoms with E-state index < -0.39 is 0 Å². The highest BCUT2D eigenvalue weighted by Crippen LogP contribution is 2.33. The zero-order valence-electron chi connectivity index (χ0n) is 17.4. The fourth-order valence-corrected chi connectivity index (χ4v) is 3.86. The van der Waals surface area contributed by atoms with Gasteiger partial charge in [-0.05, 0) is 78.6 Å². The van der Waals surface area contributed by atoms with Crippen LogP contribution in [0, 0.1) is 11.6 Å². The SMILES string of the molecule is CC(C)(C)n1nnnc1[C@H](c1ccc(F)cc1)N1CC=C(c2ccc(F)cc2)CC1. The highest BCUT2D eigenvalue weighted by molar-refractivity contribution is 5.66. The molecule has 0 unspecified atom stereocenters. The second kappa shape index (κ2) is 8.07. The normalized spacial score (nSPS) is 16.4. The minimum Gasteiger partial charge on any atom is -0.286 e. The lowest BCUT2D eigenvalue weighted by Crippen LogP contribution is -2.37. The van der Waals surface area contributed by atoms with Crippen molar-refractivity contribution in [1.82, 2.24) is 25.1 Å². The Kier molecular flexibility index (Phi) is 5.47. The predicted molar refractivity (Wildman–Crippen MR) is 112 cm³/mol. The Morgan fingerprint density at radius 1 is 0.933 bits per heavy atom. The highest BCUT2D eigenvalue weighted by atomic mass is 19.1. The van der Waals surface area contributed by atoms with Crippen molar-refractivity contribution < 1.29 is 8.78 Å². The molecule has 1 atom stereocenters. The van der Waals surface area contributed by atoms with Gasteiger partial charge in [-0.2, -0.15) is 0 Å². The number of tetrazole rings is 1. The maximum atomic E-state index is 13.6. The molecule has 0 spiro atoms. The average molecular weight is 409 g/mol. The smallest absolute Gasteiger partial charge is 0.173 e. The van der Waals surface area contributed by atoms with Gasteiger partial charge in [-0.25, -0.2) is 13.5 Å². The first-order chi connectivity index (χ1) is 14.3. The Morgan fingerprint density at radius 3 is 2.13 bits per heavy atom. The molecule has 0 saturated heterocycles. The number of aromatic nitrogens is 4. The third-order valence-corrected chi connectivity index (χ3v) is 5.38. The van der Waals surface area contributed by atoms with Crippen LogP contribution in [0.5, 0.6) is 0 Å². The van der Waals surface area contributed by atoms with Crippen LogP contribution in [-0.4, -0.2) is 38.2 Å². The van der Waals surface area contributed by atoms with Gasteiger partial charge in [-0.1, -0.05) is 30.3 Å². The molecule has 0 N–H and O–H groups in total. The van der Waals surface area contributed by atoms with Gasteiger partial charge in [0.05, 0.1) is 11.6 Å². The highest BCUT2D eigenvalue weighted by Gasteiger charge is 2.32. The number of hydrogen-bond acceptors (Lipinski definition) is 4. The first-order valence-corrected chi connectivity index (χ1v) is 10.1. The molecule has 0 radical (unpaired) electrons. The van der Waals surface area contributed by atoms with Crippen molar-refractivity contribution in [1.29, 1.82) is 0 Å². The molecule has 3 aromatic rings. The summed E-state index contributed by atoms with van der Waals surface area (Å²) >= 11 is 0. The molecule has 156 valence electrons. The Balaban J connectivity index is 1.68. The van der Waals surface area contributed by atoms with E-state index in [9.17, 15) is 8.78 Å². The lowest BCUT2D eigenvalue weighted by Gasteiger charge is -2.35. The molecule has 0 aliphatic carbocycles. The number of benzene rings is 2. The van der Waals surface area contributed by atoms with E-state index in [0.29, 0.717) is 6.54 Å². The minimum absolute atomic E-state index is 0.203. The minimum atomic E-state index is -0.290. The van der Waals surface area contributed by atoms with Crippen LogP contribution < -0.4 is 0 Å². The molecule has 0 amide bonds. The summed E-state index contributed by atoms with van der Waals surface area (Å²) in [5.74, 6) is 0.222. The van der Waals surface area contributed by atoms with Crippen molar-refractivity contribution in [2.45, 2.75) is 38.8 Å². The summed E-state index contributed by atoms with van der Waals surface area (Å²) in [6.45, 7) is 7.62. The van der Waals surface area contributed by atoms with Crippen molar-refractivity contribution in [2.24, 2.45) is 0 Å². The topological polar surface area (TPSA) is 46.8 Å². The second-order valence-corrected chi connectivity index (χ2v) is 8.55. The summed E-state index contributed by atoms with van der Waals surface area (Å²) in [5.41, 5.74) is 2.88. The van der Waals surface area contributed by atoms with E-state index in [0.717, 1.165) is 29.9 Å². The Morgan fingerprint density at radius 2 is 1.57 bits per heavy atom. The van der Waals surface area contributed by atoms with Crippen LogP contribution in [0.1, 0.15) is 50.2 Å². The van der Waals surface area contributed by atoms with E-state index in [1.165, 1.54) is 29.8 Å². The van der Waals surface area contributed by atoms with E-state index in [2.05, 4.69) is 47.3 Å². The summed E-state index contributed by atoms with van der Waals surface area (Å²) in [7, 11) is 0. The van der Waals surface area contributed by atoms with Crippen LogP contribution in [0.15, 0.2) is 54.6 Å². The molecule has 0 fully saturated rings. The molecule has 30 heavy (non-hydrogen) atoms. The summed E-state index contributed by atoms with van der Waals surface area (Å²) in [6.07, 6.45) is 2.99. The molecule has 7 heteroatoms. The number of rotatable bonds is 4. The van der Waals surface area contributed by atoms with Crippen LogP contribution >= 0.6 is 0 Å². The van der Waals surface area contributed by atoms with Gasteiger partial charge in [0.2, 0.25) is 0 Å². The predicted octanol–water partition coefficient (Wildman–Crippen LogP) is 4.59. The Bertz CT molecular complexity index is 1030. The average Bonchev–Trinajstić information content (AvgIpc) is 3.21. The molecule has 2 aromatic carbocycles. The molecule has 2 heterocycles. The van der Waals surface area contributed by atoms with Gasteiger partial charge < -0.3 is 0 Å². The van der Waals surface area contributed by atoms with Gasteiger partial charge in [0.25, 0.3) is 0 Å². The molecular weight excluding hydrogens is 384 g/mol. The molecule has 1 aromatic heterocycles. The maximum Gasteiger partial charge on any atom is 0.173 e.